The van der Waals surface area contributed by atoms with Crippen molar-refractivity contribution in [2.45, 2.75) is 12.0 Å². The summed E-state index contributed by atoms with van der Waals surface area (Å²) < 4.78 is 10.8. The number of nitrogens with zero attached hydrogens (tertiary/aromatic N) is 2. The lowest BCUT2D eigenvalue weighted by Gasteiger charge is -2.18. The van der Waals surface area contributed by atoms with Gasteiger partial charge in [-0.05, 0) is 0 Å². The lowest BCUT2D eigenvalue weighted by molar-refractivity contribution is -0.117. The first-order chi connectivity index (χ1) is 8.34. The van der Waals surface area contributed by atoms with Crippen LogP contribution in [0.1, 0.15) is 23.7 Å². The fourth-order valence-electron chi connectivity index (χ4n) is 1.84. The summed E-state index contributed by atoms with van der Waals surface area (Å²) in [5, 5.41) is 3.93. The average Bonchev–Trinajstić information content (AvgIpc) is 2.98. The Kier molecular flexibility index (Phi) is 3.39. The molecule has 1 aromatic rings. The van der Waals surface area contributed by atoms with Gasteiger partial charge in [0, 0.05) is 17.3 Å². The zero-order chi connectivity index (χ0) is 11.7. The van der Waals surface area contributed by atoms with Gasteiger partial charge in [-0.1, -0.05) is 5.16 Å². The molecule has 0 bridgehead atoms. The number of carbonyl (C=O) groups excluding carboxylic acids is 1. The second-order valence-corrected chi connectivity index (χ2v) is 6.14. The van der Waals surface area contributed by atoms with E-state index >= 15 is 0 Å². The van der Waals surface area contributed by atoms with Crippen molar-refractivity contribution in [2.24, 2.45) is 0 Å². The van der Waals surface area contributed by atoms with Gasteiger partial charge in [-0.3, -0.25) is 4.79 Å². The zero-order valence-corrected chi connectivity index (χ0v) is 10.8. The highest BCUT2D eigenvalue weighted by Crippen LogP contribution is 2.30. The van der Waals surface area contributed by atoms with Crippen molar-refractivity contribution in [2.75, 3.05) is 29.6 Å². The highest BCUT2D eigenvalue weighted by molar-refractivity contribution is 8.00. The molecule has 2 saturated heterocycles. The normalized spacial score (nSPS) is 29.8. The zero-order valence-electron chi connectivity index (χ0n) is 9.13. The minimum absolute atomic E-state index is 0.0876. The lowest BCUT2D eigenvalue weighted by atomic mass is 10.1. The maximum atomic E-state index is 11.6. The molecule has 17 heavy (non-hydrogen) atoms. The molecule has 92 valence electrons. The number of carbonyl (C=O) groups is 1. The summed E-state index contributed by atoms with van der Waals surface area (Å²) >= 11 is 3.44. The molecule has 0 spiro atoms. The first kappa shape index (κ1) is 11.6. The van der Waals surface area contributed by atoms with Crippen LogP contribution in [-0.4, -0.2) is 45.5 Å². The molecule has 3 rings (SSSR count). The Balaban J connectivity index is 1.75. The van der Waals surface area contributed by atoms with Crippen LogP contribution in [-0.2, 0) is 9.53 Å². The maximum absolute atomic E-state index is 11.6. The van der Waals surface area contributed by atoms with Gasteiger partial charge in [-0.25, -0.2) is 0 Å². The van der Waals surface area contributed by atoms with E-state index in [1.165, 1.54) is 0 Å². The van der Waals surface area contributed by atoms with Crippen molar-refractivity contribution >= 4 is 29.3 Å². The van der Waals surface area contributed by atoms with Crippen molar-refractivity contribution in [1.82, 2.24) is 10.1 Å². The molecular formula is C10H12N2O3S2. The third-order valence-corrected chi connectivity index (χ3v) is 4.83. The summed E-state index contributed by atoms with van der Waals surface area (Å²) in [6, 6.07) is 0. The van der Waals surface area contributed by atoms with E-state index < -0.39 is 0 Å². The van der Waals surface area contributed by atoms with E-state index in [1.807, 2.05) is 11.8 Å². The summed E-state index contributed by atoms with van der Waals surface area (Å²) in [6.45, 7) is 0.720. The smallest absolute Gasteiger partial charge is 0.238 e. The van der Waals surface area contributed by atoms with Crippen LogP contribution in [0.3, 0.4) is 0 Å². The van der Waals surface area contributed by atoms with Crippen LogP contribution in [0.25, 0.3) is 0 Å². The predicted octanol–water partition coefficient (Wildman–Crippen LogP) is 1.27. The van der Waals surface area contributed by atoms with E-state index in [0.29, 0.717) is 17.5 Å². The van der Waals surface area contributed by atoms with E-state index in [2.05, 4.69) is 10.1 Å². The van der Waals surface area contributed by atoms with Crippen molar-refractivity contribution in [3.05, 3.63) is 11.7 Å². The van der Waals surface area contributed by atoms with Crippen LogP contribution in [0.5, 0.6) is 0 Å². The molecular weight excluding hydrogens is 260 g/mol. The predicted molar refractivity (Wildman–Crippen MR) is 65.4 cm³/mol. The first-order valence-electron chi connectivity index (χ1n) is 5.48. The van der Waals surface area contributed by atoms with Gasteiger partial charge in [-0.2, -0.15) is 28.5 Å². The number of thioether (sulfide) groups is 2. The van der Waals surface area contributed by atoms with E-state index in [-0.39, 0.29) is 17.8 Å². The van der Waals surface area contributed by atoms with Crippen molar-refractivity contribution < 1.29 is 14.1 Å². The molecule has 2 unspecified atom stereocenters. The van der Waals surface area contributed by atoms with Gasteiger partial charge in [0.15, 0.2) is 5.78 Å². The number of ether oxygens (including phenoxy) is 1. The van der Waals surface area contributed by atoms with Crippen LogP contribution in [0.4, 0.5) is 0 Å². The van der Waals surface area contributed by atoms with Gasteiger partial charge < -0.3 is 9.26 Å². The van der Waals surface area contributed by atoms with Crippen LogP contribution in [0.15, 0.2) is 4.52 Å². The van der Waals surface area contributed by atoms with Crippen molar-refractivity contribution in [1.29, 1.82) is 0 Å². The minimum Gasteiger partial charge on any atom is -0.368 e. The lowest BCUT2D eigenvalue weighted by Crippen LogP contribution is -2.17. The molecule has 2 aliphatic heterocycles. The largest absolute Gasteiger partial charge is 0.368 e. The molecule has 0 N–H and O–H groups in total. The molecule has 7 heteroatoms. The Hall–Kier alpha value is -0.530. The Labute approximate surface area is 107 Å². The summed E-state index contributed by atoms with van der Waals surface area (Å²) in [5.74, 6) is 4.18. The second-order valence-electron chi connectivity index (χ2n) is 3.96. The Morgan fingerprint density at radius 3 is 2.94 bits per heavy atom. The quantitative estimate of drug-likeness (QED) is 0.803. The van der Waals surface area contributed by atoms with Gasteiger partial charge in [0.2, 0.25) is 11.7 Å². The number of hydrogen-bond acceptors (Lipinski definition) is 7. The highest BCUT2D eigenvalue weighted by Gasteiger charge is 2.32. The van der Waals surface area contributed by atoms with E-state index in [1.54, 1.807) is 11.8 Å². The van der Waals surface area contributed by atoms with Gasteiger partial charge in [-0.15, -0.1) is 0 Å². The van der Waals surface area contributed by atoms with E-state index in [0.717, 1.165) is 23.9 Å². The summed E-state index contributed by atoms with van der Waals surface area (Å²) in [4.78, 5) is 15.9. The Morgan fingerprint density at radius 2 is 2.24 bits per heavy atom. The number of hydrogen-bond donors (Lipinski definition) is 0. The Bertz CT molecular complexity index is 417. The summed E-state index contributed by atoms with van der Waals surface area (Å²) in [5.41, 5.74) is 0. The number of Topliss-reactive ketones (excluding diaryl/α,β-unsaturated/α-hetero) is 1. The minimum atomic E-state index is -0.211. The van der Waals surface area contributed by atoms with Gasteiger partial charge in [0.25, 0.3) is 0 Å². The molecule has 0 aromatic carbocycles. The molecule has 0 saturated carbocycles. The molecule has 0 radical (unpaired) electrons. The maximum Gasteiger partial charge on any atom is 0.238 e. The summed E-state index contributed by atoms with van der Waals surface area (Å²) in [7, 11) is 0. The van der Waals surface area contributed by atoms with Crippen LogP contribution in [0, 0.1) is 0 Å². The van der Waals surface area contributed by atoms with Crippen LogP contribution < -0.4 is 0 Å². The third-order valence-electron chi connectivity index (χ3n) is 2.78. The average molecular weight is 272 g/mol. The molecule has 1 aromatic heterocycles. The molecule has 2 aliphatic rings. The summed E-state index contributed by atoms with van der Waals surface area (Å²) in [6.07, 6.45) is -0.0876. The van der Waals surface area contributed by atoms with Crippen LogP contribution in [0.2, 0.25) is 0 Å². The fraction of sp³-hybridized carbons (Fsp3) is 0.700. The monoisotopic (exact) mass is 272 g/mol. The molecule has 3 heterocycles. The molecule has 0 amide bonds. The third kappa shape index (κ3) is 2.36. The first-order valence-corrected chi connectivity index (χ1v) is 7.79. The molecule has 5 nitrogen and oxygen atoms in total. The number of aromatic nitrogens is 2. The topological polar surface area (TPSA) is 65.2 Å². The number of ketones is 1. The Morgan fingerprint density at radius 1 is 1.29 bits per heavy atom. The fourth-order valence-corrected chi connectivity index (χ4v) is 3.76. The SMILES string of the molecule is O=C1CSCC1c1nc(C2CSCCO2)no1. The number of rotatable bonds is 2. The molecule has 2 fully saturated rings. The standard InChI is InChI=1S/C10H12N2O3S2/c13-7-4-17-3-6(7)10-11-9(12-15-10)8-5-16-2-1-14-8/h6,8H,1-5H2. The van der Waals surface area contributed by atoms with E-state index in [9.17, 15) is 4.79 Å². The van der Waals surface area contributed by atoms with Crippen molar-refractivity contribution in [3.63, 3.8) is 0 Å². The van der Waals surface area contributed by atoms with Gasteiger partial charge >= 0.3 is 0 Å². The molecule has 2 atom stereocenters. The second kappa shape index (κ2) is 4.99. The van der Waals surface area contributed by atoms with E-state index in [4.69, 9.17) is 9.26 Å². The van der Waals surface area contributed by atoms with Crippen molar-refractivity contribution in [3.8, 4) is 0 Å². The molecule has 0 aliphatic carbocycles. The van der Waals surface area contributed by atoms with Gasteiger partial charge in [0.1, 0.15) is 12.0 Å². The highest BCUT2D eigenvalue weighted by atomic mass is 32.2. The van der Waals surface area contributed by atoms with Crippen LogP contribution >= 0.6 is 23.5 Å². The van der Waals surface area contributed by atoms with Gasteiger partial charge in [0.05, 0.1) is 12.4 Å².